The first kappa shape index (κ1) is 17.0. The van der Waals surface area contributed by atoms with E-state index in [0.29, 0.717) is 19.7 Å². The highest BCUT2D eigenvalue weighted by Crippen LogP contribution is 2.16. The van der Waals surface area contributed by atoms with Crippen molar-refractivity contribution >= 4 is 11.6 Å². The van der Waals surface area contributed by atoms with Gasteiger partial charge in [0.25, 0.3) is 0 Å². The Balaban J connectivity index is 1.77. The van der Waals surface area contributed by atoms with Crippen LogP contribution in [-0.2, 0) is 4.79 Å². The molecule has 2 aromatic carbocycles. The summed E-state index contributed by atoms with van der Waals surface area (Å²) >= 11 is 0. The minimum absolute atomic E-state index is 0.0644. The fourth-order valence-corrected chi connectivity index (χ4v) is 2.24. The van der Waals surface area contributed by atoms with Crippen LogP contribution in [0.2, 0.25) is 0 Å². The van der Waals surface area contributed by atoms with Crippen LogP contribution in [0.25, 0.3) is 0 Å². The second kappa shape index (κ2) is 8.34. The lowest BCUT2D eigenvalue weighted by Crippen LogP contribution is -2.38. The Bertz CT molecular complexity index is 628. The molecule has 4 heteroatoms. The summed E-state index contributed by atoms with van der Waals surface area (Å²) in [7, 11) is 3.73. The average Bonchev–Trinajstić information content (AvgIpc) is 2.56. The summed E-state index contributed by atoms with van der Waals surface area (Å²) in [5, 5.41) is 0. The summed E-state index contributed by atoms with van der Waals surface area (Å²) in [6.45, 7) is 3.65. The predicted molar refractivity (Wildman–Crippen MR) is 94.0 cm³/mol. The van der Waals surface area contributed by atoms with Gasteiger partial charge in [-0.15, -0.1) is 0 Å². The van der Waals surface area contributed by atoms with Crippen molar-refractivity contribution in [3.8, 4) is 5.75 Å². The van der Waals surface area contributed by atoms with E-state index in [-0.39, 0.29) is 5.91 Å². The Hall–Kier alpha value is -2.33. The number of carbonyl (C=O) groups is 1. The van der Waals surface area contributed by atoms with Crippen molar-refractivity contribution in [3.05, 3.63) is 60.2 Å². The molecule has 0 saturated carbocycles. The molecule has 0 fully saturated rings. The van der Waals surface area contributed by atoms with E-state index >= 15 is 0 Å². The number of hydrogen-bond donors (Lipinski definition) is 0. The fraction of sp³-hybridized carbons (Fsp3) is 0.316. The highest BCUT2D eigenvalue weighted by Gasteiger charge is 2.13. The van der Waals surface area contributed by atoms with Crippen molar-refractivity contribution in [2.75, 3.05) is 38.7 Å². The van der Waals surface area contributed by atoms with Crippen LogP contribution in [0.4, 0.5) is 5.69 Å². The average molecular weight is 312 g/mol. The molecule has 0 aliphatic heterocycles. The molecule has 0 radical (unpaired) electrons. The summed E-state index contributed by atoms with van der Waals surface area (Å²) in [6.07, 6.45) is 0. The zero-order chi connectivity index (χ0) is 16.7. The van der Waals surface area contributed by atoms with Crippen molar-refractivity contribution < 1.29 is 9.53 Å². The van der Waals surface area contributed by atoms with Crippen LogP contribution in [0.5, 0.6) is 5.75 Å². The van der Waals surface area contributed by atoms with E-state index in [2.05, 4.69) is 0 Å². The van der Waals surface area contributed by atoms with Gasteiger partial charge in [0, 0.05) is 19.3 Å². The topological polar surface area (TPSA) is 32.8 Å². The Kier molecular flexibility index (Phi) is 6.18. The number of hydrogen-bond acceptors (Lipinski definition) is 3. The van der Waals surface area contributed by atoms with E-state index in [1.807, 2.05) is 73.5 Å². The zero-order valence-corrected chi connectivity index (χ0v) is 14.0. The van der Waals surface area contributed by atoms with Crippen LogP contribution in [-0.4, -0.2) is 44.6 Å². The molecule has 1 amide bonds. The molecule has 0 aliphatic rings. The third-order valence-corrected chi connectivity index (χ3v) is 3.75. The maximum absolute atomic E-state index is 12.3. The van der Waals surface area contributed by atoms with Gasteiger partial charge in [0.1, 0.15) is 12.4 Å². The van der Waals surface area contributed by atoms with Crippen LogP contribution < -0.4 is 9.64 Å². The molecular formula is C19H24N2O2. The van der Waals surface area contributed by atoms with Gasteiger partial charge in [-0.2, -0.15) is 0 Å². The largest absolute Gasteiger partial charge is 0.492 e. The molecule has 122 valence electrons. The van der Waals surface area contributed by atoms with Gasteiger partial charge in [-0.05, 0) is 37.7 Å². The Morgan fingerprint density at radius 2 is 1.65 bits per heavy atom. The molecule has 23 heavy (non-hydrogen) atoms. The number of likely N-dealkylation sites (N-methyl/N-ethyl adjacent to an activating group) is 2. The second-order valence-electron chi connectivity index (χ2n) is 5.64. The van der Waals surface area contributed by atoms with E-state index < -0.39 is 0 Å². The molecule has 0 N–H and O–H groups in total. The van der Waals surface area contributed by atoms with Gasteiger partial charge in [0.15, 0.2) is 0 Å². The summed E-state index contributed by atoms with van der Waals surface area (Å²) in [5.41, 5.74) is 2.03. The molecule has 2 aromatic rings. The number of aryl methyl sites for hydroxylation is 1. The SMILES string of the molecule is Cc1ccccc1OCCN(C)CC(=O)N(C)c1ccccc1. The van der Waals surface area contributed by atoms with Crippen molar-refractivity contribution in [1.29, 1.82) is 0 Å². The van der Waals surface area contributed by atoms with E-state index in [0.717, 1.165) is 17.0 Å². The molecule has 0 atom stereocenters. The number of anilines is 1. The predicted octanol–water partition coefficient (Wildman–Crippen LogP) is 2.97. The molecule has 0 bridgehead atoms. The molecule has 4 nitrogen and oxygen atoms in total. The number of para-hydroxylation sites is 2. The van der Waals surface area contributed by atoms with E-state index in [9.17, 15) is 4.79 Å². The van der Waals surface area contributed by atoms with Gasteiger partial charge in [-0.25, -0.2) is 0 Å². The van der Waals surface area contributed by atoms with Crippen LogP contribution in [0.3, 0.4) is 0 Å². The Morgan fingerprint density at radius 3 is 2.35 bits per heavy atom. The maximum Gasteiger partial charge on any atom is 0.240 e. The lowest BCUT2D eigenvalue weighted by Gasteiger charge is -2.22. The molecule has 0 aromatic heterocycles. The highest BCUT2D eigenvalue weighted by atomic mass is 16.5. The van der Waals surface area contributed by atoms with Crippen molar-refractivity contribution in [2.45, 2.75) is 6.92 Å². The second-order valence-corrected chi connectivity index (χ2v) is 5.64. The first-order valence-electron chi connectivity index (χ1n) is 7.76. The van der Waals surface area contributed by atoms with Gasteiger partial charge in [0.05, 0.1) is 6.54 Å². The van der Waals surface area contributed by atoms with E-state index in [1.54, 1.807) is 11.9 Å². The van der Waals surface area contributed by atoms with Crippen LogP contribution >= 0.6 is 0 Å². The molecule has 0 unspecified atom stereocenters. The standard InChI is InChI=1S/C19H24N2O2/c1-16-9-7-8-12-18(16)23-14-13-20(2)15-19(22)21(3)17-10-5-4-6-11-17/h4-12H,13-15H2,1-3H3. The number of ether oxygens (including phenoxy) is 1. The molecular weight excluding hydrogens is 288 g/mol. The summed E-state index contributed by atoms with van der Waals surface area (Å²) < 4.78 is 5.77. The lowest BCUT2D eigenvalue weighted by atomic mass is 10.2. The number of nitrogens with zero attached hydrogens (tertiary/aromatic N) is 2. The Labute approximate surface area is 138 Å². The quantitative estimate of drug-likeness (QED) is 0.788. The third kappa shape index (κ3) is 5.11. The number of amides is 1. The van der Waals surface area contributed by atoms with Gasteiger partial charge in [0.2, 0.25) is 5.91 Å². The first-order chi connectivity index (χ1) is 11.1. The van der Waals surface area contributed by atoms with Crippen molar-refractivity contribution in [2.24, 2.45) is 0 Å². The van der Waals surface area contributed by atoms with Crippen molar-refractivity contribution in [3.63, 3.8) is 0 Å². The van der Waals surface area contributed by atoms with Crippen molar-refractivity contribution in [1.82, 2.24) is 4.90 Å². The molecule has 0 aliphatic carbocycles. The number of rotatable bonds is 7. The monoisotopic (exact) mass is 312 g/mol. The van der Waals surface area contributed by atoms with Crippen LogP contribution in [0.1, 0.15) is 5.56 Å². The smallest absolute Gasteiger partial charge is 0.240 e. The summed E-state index contributed by atoms with van der Waals surface area (Å²) in [4.78, 5) is 15.9. The third-order valence-electron chi connectivity index (χ3n) is 3.75. The fourth-order valence-electron chi connectivity index (χ4n) is 2.24. The van der Waals surface area contributed by atoms with Gasteiger partial charge in [-0.3, -0.25) is 9.69 Å². The van der Waals surface area contributed by atoms with Gasteiger partial charge in [-0.1, -0.05) is 36.4 Å². The van der Waals surface area contributed by atoms with Gasteiger partial charge >= 0.3 is 0 Å². The Morgan fingerprint density at radius 1 is 1.00 bits per heavy atom. The lowest BCUT2D eigenvalue weighted by molar-refractivity contribution is -0.119. The first-order valence-corrected chi connectivity index (χ1v) is 7.76. The minimum Gasteiger partial charge on any atom is -0.492 e. The molecule has 0 heterocycles. The van der Waals surface area contributed by atoms with E-state index in [4.69, 9.17) is 4.74 Å². The minimum atomic E-state index is 0.0644. The van der Waals surface area contributed by atoms with Crippen LogP contribution in [0.15, 0.2) is 54.6 Å². The molecule has 0 saturated heterocycles. The molecule has 2 rings (SSSR count). The normalized spacial score (nSPS) is 10.6. The summed E-state index contributed by atoms with van der Waals surface area (Å²) in [5.74, 6) is 0.961. The highest BCUT2D eigenvalue weighted by molar-refractivity contribution is 5.94. The maximum atomic E-state index is 12.3. The molecule has 0 spiro atoms. The summed E-state index contributed by atoms with van der Waals surface area (Å²) in [6, 6.07) is 17.6. The van der Waals surface area contributed by atoms with Gasteiger partial charge < -0.3 is 9.64 Å². The number of carbonyl (C=O) groups excluding carboxylic acids is 1. The van der Waals surface area contributed by atoms with Crippen LogP contribution in [0, 0.1) is 6.92 Å². The number of benzene rings is 2. The zero-order valence-electron chi connectivity index (χ0n) is 14.0. The van der Waals surface area contributed by atoms with E-state index in [1.165, 1.54) is 0 Å².